The second-order valence-electron chi connectivity index (χ2n) is 8.20. The molecule has 6 heteroatoms. The minimum atomic E-state index is -0.239. The van der Waals surface area contributed by atoms with Crippen LogP contribution in [0.5, 0.6) is 0 Å². The largest absolute Gasteiger partial charge is 0.342 e. The third kappa shape index (κ3) is 10.5. The van der Waals surface area contributed by atoms with Gasteiger partial charge in [-0.1, -0.05) is 56.7 Å². The van der Waals surface area contributed by atoms with Crippen LogP contribution in [-0.2, 0) is 9.59 Å². The van der Waals surface area contributed by atoms with Gasteiger partial charge in [-0.15, -0.1) is 0 Å². The summed E-state index contributed by atoms with van der Waals surface area (Å²) in [5, 5.41) is 0. The Balaban J connectivity index is 0.00000529. The molecule has 0 saturated carbocycles. The zero-order chi connectivity index (χ0) is 26.1. The van der Waals surface area contributed by atoms with E-state index in [1.165, 1.54) is 4.90 Å². The lowest BCUT2D eigenvalue weighted by molar-refractivity contribution is -0.135. The molecule has 0 N–H and O–H groups in total. The number of allylic oxidation sites excluding steroid dienone is 2. The summed E-state index contributed by atoms with van der Waals surface area (Å²) >= 11 is 0. The van der Waals surface area contributed by atoms with Crippen molar-refractivity contribution in [3.05, 3.63) is 58.7 Å². The van der Waals surface area contributed by atoms with Gasteiger partial charge in [0.25, 0.3) is 11.8 Å². The summed E-state index contributed by atoms with van der Waals surface area (Å²) in [5.41, 5.74) is 3.29. The van der Waals surface area contributed by atoms with Gasteiger partial charge in [-0.2, -0.15) is 0 Å². The van der Waals surface area contributed by atoms with Crippen LogP contribution in [0.2, 0.25) is 0 Å². The van der Waals surface area contributed by atoms with E-state index in [0.717, 1.165) is 42.6 Å². The first-order valence-corrected chi connectivity index (χ1v) is 12.3. The highest BCUT2D eigenvalue weighted by atomic mass is 16.2. The van der Waals surface area contributed by atoms with Gasteiger partial charge in [0.05, 0.1) is 0 Å². The second kappa shape index (κ2) is 17.7. The molecule has 3 amide bonds. The van der Waals surface area contributed by atoms with Gasteiger partial charge in [0.2, 0.25) is 6.41 Å². The highest BCUT2D eigenvalue weighted by Gasteiger charge is 2.18. The Kier molecular flexibility index (Phi) is 16.3. The number of hydrogen-bond acceptors (Lipinski definition) is 4. The first-order chi connectivity index (χ1) is 16.3. The zero-order valence-electron chi connectivity index (χ0n) is 22.6. The molecule has 0 aliphatic rings. The summed E-state index contributed by atoms with van der Waals surface area (Å²) in [5.74, 6) is -0.199. The maximum absolute atomic E-state index is 12.7. The Morgan fingerprint density at radius 3 is 2.09 bits per heavy atom. The van der Waals surface area contributed by atoms with E-state index in [1.54, 1.807) is 11.0 Å². The molecule has 0 fully saturated rings. The molecule has 6 nitrogen and oxygen atoms in total. The Morgan fingerprint density at radius 2 is 1.56 bits per heavy atom. The molecule has 1 aromatic carbocycles. The molecule has 0 heterocycles. The molecule has 0 atom stereocenters. The average molecular weight is 472 g/mol. The molecule has 34 heavy (non-hydrogen) atoms. The summed E-state index contributed by atoms with van der Waals surface area (Å²) in [7, 11) is 3.85. The number of rotatable bonds is 13. The molecule has 0 aromatic heterocycles. The molecule has 0 bridgehead atoms. The number of imide groups is 1. The Morgan fingerprint density at radius 1 is 0.971 bits per heavy atom. The van der Waals surface area contributed by atoms with Crippen LogP contribution >= 0.6 is 0 Å². The molecule has 0 radical (unpaired) electrons. The van der Waals surface area contributed by atoms with Crippen molar-refractivity contribution in [3.8, 4) is 0 Å². The van der Waals surface area contributed by atoms with Gasteiger partial charge in [0, 0.05) is 31.3 Å². The SMILES string of the molecule is C/C=C\C(C(=O)N(C=O)CCCN(C)CCCN(C)C(=O)c1ccccc1C)=C(/C)CC.CC. The fraction of sp³-hybridized carbons (Fsp3) is 0.536. The van der Waals surface area contributed by atoms with Crippen molar-refractivity contribution >= 4 is 18.2 Å². The van der Waals surface area contributed by atoms with Crippen LogP contribution in [0.4, 0.5) is 0 Å². The van der Waals surface area contributed by atoms with Crippen LogP contribution in [0, 0.1) is 6.92 Å². The Hall–Kier alpha value is -2.73. The van der Waals surface area contributed by atoms with Crippen molar-refractivity contribution < 1.29 is 14.4 Å². The van der Waals surface area contributed by atoms with Crippen molar-refractivity contribution in [1.82, 2.24) is 14.7 Å². The van der Waals surface area contributed by atoms with E-state index < -0.39 is 0 Å². The predicted molar refractivity (Wildman–Crippen MR) is 142 cm³/mol. The van der Waals surface area contributed by atoms with E-state index in [-0.39, 0.29) is 11.8 Å². The lowest BCUT2D eigenvalue weighted by Crippen LogP contribution is -2.34. The number of carbonyl (C=O) groups is 3. The normalized spacial score (nSPS) is 11.6. The minimum absolute atomic E-state index is 0.0400. The van der Waals surface area contributed by atoms with Crippen LogP contribution in [0.1, 0.15) is 69.8 Å². The molecule has 0 unspecified atom stereocenters. The summed E-state index contributed by atoms with van der Waals surface area (Å²) in [6, 6.07) is 7.63. The zero-order valence-corrected chi connectivity index (χ0v) is 22.6. The topological polar surface area (TPSA) is 60.9 Å². The number of benzene rings is 1. The van der Waals surface area contributed by atoms with Crippen molar-refractivity contribution in [1.29, 1.82) is 0 Å². The minimum Gasteiger partial charge on any atom is -0.342 e. The smallest absolute Gasteiger partial charge is 0.260 e. The Bertz CT molecular complexity index is 830. The average Bonchev–Trinajstić information content (AvgIpc) is 2.85. The monoisotopic (exact) mass is 471 g/mol. The van der Waals surface area contributed by atoms with Gasteiger partial charge in [-0.3, -0.25) is 19.3 Å². The quantitative estimate of drug-likeness (QED) is 0.228. The van der Waals surface area contributed by atoms with Gasteiger partial charge in [-0.25, -0.2) is 0 Å². The maximum atomic E-state index is 12.7. The van der Waals surface area contributed by atoms with Crippen molar-refractivity contribution in [2.24, 2.45) is 0 Å². The molecule has 0 aliphatic heterocycles. The maximum Gasteiger partial charge on any atom is 0.260 e. The number of hydrogen-bond donors (Lipinski definition) is 0. The van der Waals surface area contributed by atoms with Crippen LogP contribution in [-0.4, -0.2) is 73.2 Å². The van der Waals surface area contributed by atoms with Crippen LogP contribution < -0.4 is 0 Å². The molecular weight excluding hydrogens is 426 g/mol. The highest BCUT2D eigenvalue weighted by Crippen LogP contribution is 2.13. The van der Waals surface area contributed by atoms with Crippen LogP contribution in [0.15, 0.2) is 47.6 Å². The van der Waals surface area contributed by atoms with E-state index in [0.29, 0.717) is 31.5 Å². The molecular formula is C28H45N3O3. The molecule has 1 aromatic rings. The lowest BCUT2D eigenvalue weighted by Gasteiger charge is -2.22. The fourth-order valence-electron chi connectivity index (χ4n) is 3.43. The third-order valence-electron chi connectivity index (χ3n) is 5.64. The first-order valence-electron chi connectivity index (χ1n) is 12.3. The summed E-state index contributed by atoms with van der Waals surface area (Å²) in [4.78, 5) is 42.0. The first kappa shape index (κ1) is 31.3. The van der Waals surface area contributed by atoms with Gasteiger partial charge in [0.1, 0.15) is 0 Å². The molecule has 0 spiro atoms. The number of aryl methyl sites for hydroxylation is 1. The van der Waals surface area contributed by atoms with Crippen LogP contribution in [0.3, 0.4) is 0 Å². The Labute approximate surface area is 207 Å². The van der Waals surface area contributed by atoms with Crippen molar-refractivity contribution in [2.45, 2.75) is 60.8 Å². The molecule has 0 aliphatic carbocycles. The summed E-state index contributed by atoms with van der Waals surface area (Å²) < 4.78 is 0. The van der Waals surface area contributed by atoms with Gasteiger partial charge >= 0.3 is 0 Å². The summed E-state index contributed by atoms with van der Waals surface area (Å²) in [6.45, 7) is 14.4. The third-order valence-corrected chi connectivity index (χ3v) is 5.64. The van der Waals surface area contributed by atoms with Crippen LogP contribution in [0.25, 0.3) is 0 Å². The fourth-order valence-corrected chi connectivity index (χ4v) is 3.43. The standard InChI is InChI=1S/C26H39N3O3.C2H6/c1-7-13-23(21(3)8-2)26(32)29(20-30)19-12-17-27(5)16-11-18-28(6)25(31)24-15-10-9-14-22(24)4;1-2/h7,9-10,13-15,20H,8,11-12,16-19H2,1-6H3;1-2H3/b13-7-,23-21-;. The van der Waals surface area contributed by atoms with Gasteiger partial charge in [-0.05, 0) is 71.8 Å². The van der Waals surface area contributed by atoms with E-state index in [9.17, 15) is 14.4 Å². The van der Waals surface area contributed by atoms with Crippen molar-refractivity contribution in [2.75, 3.05) is 40.3 Å². The second-order valence-corrected chi connectivity index (χ2v) is 8.20. The van der Waals surface area contributed by atoms with E-state index in [1.807, 2.05) is 86.0 Å². The van der Waals surface area contributed by atoms with Gasteiger partial charge in [0.15, 0.2) is 0 Å². The van der Waals surface area contributed by atoms with E-state index >= 15 is 0 Å². The highest BCUT2D eigenvalue weighted by molar-refractivity contribution is 6.02. The molecule has 190 valence electrons. The van der Waals surface area contributed by atoms with E-state index in [4.69, 9.17) is 0 Å². The van der Waals surface area contributed by atoms with E-state index in [2.05, 4.69) is 4.90 Å². The molecule has 1 rings (SSSR count). The van der Waals surface area contributed by atoms with Gasteiger partial charge < -0.3 is 9.80 Å². The molecule has 0 saturated heterocycles. The lowest BCUT2D eigenvalue weighted by atomic mass is 10.1. The number of nitrogens with zero attached hydrogens (tertiary/aromatic N) is 3. The number of carbonyl (C=O) groups excluding carboxylic acids is 3. The predicted octanol–water partition coefficient (Wildman–Crippen LogP) is 5.09. The summed E-state index contributed by atoms with van der Waals surface area (Å²) in [6.07, 6.45) is 6.54. The number of amides is 3. The van der Waals surface area contributed by atoms with Crippen molar-refractivity contribution in [3.63, 3.8) is 0 Å².